The molecule has 2 heterocycles. The number of nitrogens with zero attached hydrogens (tertiary/aromatic N) is 4. The maximum absolute atomic E-state index is 12.5. The number of pyridine rings is 1. The van der Waals surface area contributed by atoms with Crippen LogP contribution in [-0.4, -0.2) is 60.5 Å². The van der Waals surface area contributed by atoms with Gasteiger partial charge in [-0.05, 0) is 29.8 Å². The molecule has 3 rings (SSSR count). The SMILES string of the molecule is CN(Cc1cccc(Cl)c1)C(=O)CN1CCN(c2ccccn2)CC1. The summed E-state index contributed by atoms with van der Waals surface area (Å²) >= 11 is 6.01. The fourth-order valence-corrected chi connectivity index (χ4v) is 3.20. The lowest BCUT2D eigenvalue weighted by molar-refractivity contribution is -0.131. The number of amides is 1. The van der Waals surface area contributed by atoms with Crippen LogP contribution in [0.2, 0.25) is 5.02 Å². The van der Waals surface area contributed by atoms with Crippen LogP contribution in [0.25, 0.3) is 0 Å². The first-order valence-corrected chi connectivity index (χ1v) is 8.86. The zero-order chi connectivity index (χ0) is 17.6. The monoisotopic (exact) mass is 358 g/mol. The lowest BCUT2D eigenvalue weighted by Gasteiger charge is -2.35. The summed E-state index contributed by atoms with van der Waals surface area (Å²) in [5, 5.41) is 0.698. The number of carbonyl (C=O) groups is 1. The van der Waals surface area contributed by atoms with Gasteiger partial charge in [0.1, 0.15) is 5.82 Å². The number of carbonyl (C=O) groups excluding carboxylic acids is 1. The first-order valence-electron chi connectivity index (χ1n) is 8.48. The second kappa shape index (κ2) is 8.32. The Bertz CT molecular complexity index is 702. The van der Waals surface area contributed by atoms with E-state index in [1.54, 1.807) is 4.90 Å². The Labute approximate surface area is 153 Å². The molecule has 0 bridgehead atoms. The van der Waals surface area contributed by atoms with E-state index < -0.39 is 0 Å². The molecule has 1 aliphatic heterocycles. The van der Waals surface area contributed by atoms with Crippen LogP contribution in [0.15, 0.2) is 48.7 Å². The van der Waals surface area contributed by atoms with Crippen molar-refractivity contribution in [1.29, 1.82) is 0 Å². The van der Waals surface area contributed by atoms with Crippen molar-refractivity contribution >= 4 is 23.3 Å². The average Bonchev–Trinajstić information content (AvgIpc) is 2.63. The van der Waals surface area contributed by atoms with Gasteiger partial charge in [-0.1, -0.05) is 29.8 Å². The molecular weight excluding hydrogens is 336 g/mol. The molecule has 1 fully saturated rings. The molecule has 25 heavy (non-hydrogen) atoms. The van der Waals surface area contributed by atoms with Gasteiger partial charge < -0.3 is 9.80 Å². The molecule has 1 amide bonds. The summed E-state index contributed by atoms with van der Waals surface area (Å²) < 4.78 is 0. The average molecular weight is 359 g/mol. The highest BCUT2D eigenvalue weighted by Gasteiger charge is 2.21. The van der Waals surface area contributed by atoms with Crippen LogP contribution in [-0.2, 0) is 11.3 Å². The number of aromatic nitrogens is 1. The molecule has 0 saturated carbocycles. The van der Waals surface area contributed by atoms with E-state index in [9.17, 15) is 4.79 Å². The van der Waals surface area contributed by atoms with Crippen molar-refractivity contribution in [2.45, 2.75) is 6.54 Å². The van der Waals surface area contributed by atoms with Crippen LogP contribution >= 0.6 is 11.6 Å². The first-order chi connectivity index (χ1) is 12.1. The smallest absolute Gasteiger partial charge is 0.236 e. The van der Waals surface area contributed by atoms with Crippen molar-refractivity contribution in [3.8, 4) is 0 Å². The number of hydrogen-bond acceptors (Lipinski definition) is 4. The fourth-order valence-electron chi connectivity index (χ4n) is 2.99. The molecule has 0 N–H and O–H groups in total. The van der Waals surface area contributed by atoms with Crippen LogP contribution in [0.1, 0.15) is 5.56 Å². The molecule has 2 aromatic rings. The second-order valence-electron chi connectivity index (χ2n) is 6.33. The normalized spacial score (nSPS) is 15.2. The van der Waals surface area contributed by atoms with E-state index in [1.807, 2.05) is 55.7 Å². The third kappa shape index (κ3) is 4.94. The van der Waals surface area contributed by atoms with Crippen molar-refractivity contribution in [2.75, 3.05) is 44.7 Å². The predicted molar refractivity (Wildman–Crippen MR) is 101 cm³/mol. The van der Waals surface area contributed by atoms with Crippen LogP contribution in [0, 0.1) is 0 Å². The third-order valence-electron chi connectivity index (χ3n) is 4.44. The van der Waals surface area contributed by atoms with Gasteiger partial charge in [-0.2, -0.15) is 0 Å². The van der Waals surface area contributed by atoms with Gasteiger partial charge in [0.05, 0.1) is 6.54 Å². The molecule has 1 aliphatic rings. The molecular formula is C19H23ClN4O. The molecule has 5 nitrogen and oxygen atoms in total. The Morgan fingerprint density at radius 3 is 2.64 bits per heavy atom. The van der Waals surface area contributed by atoms with Gasteiger partial charge >= 0.3 is 0 Å². The molecule has 132 valence electrons. The zero-order valence-corrected chi connectivity index (χ0v) is 15.2. The van der Waals surface area contributed by atoms with Crippen molar-refractivity contribution in [1.82, 2.24) is 14.8 Å². The molecule has 1 aromatic heterocycles. The minimum Gasteiger partial charge on any atom is -0.354 e. The lowest BCUT2D eigenvalue weighted by Crippen LogP contribution is -2.49. The predicted octanol–water partition coefficient (Wildman–Crippen LogP) is 2.52. The Hall–Kier alpha value is -2.11. The minimum absolute atomic E-state index is 0.131. The number of piperazine rings is 1. The molecule has 0 atom stereocenters. The van der Waals surface area contributed by atoms with Crippen LogP contribution in [0.5, 0.6) is 0 Å². The van der Waals surface area contributed by atoms with E-state index in [2.05, 4.69) is 14.8 Å². The maximum atomic E-state index is 12.5. The zero-order valence-electron chi connectivity index (χ0n) is 14.4. The van der Waals surface area contributed by atoms with Crippen molar-refractivity contribution in [3.05, 3.63) is 59.2 Å². The van der Waals surface area contributed by atoms with E-state index in [4.69, 9.17) is 11.6 Å². The summed E-state index contributed by atoms with van der Waals surface area (Å²) in [6, 6.07) is 13.6. The van der Waals surface area contributed by atoms with Gasteiger partial charge in [-0.25, -0.2) is 4.98 Å². The lowest BCUT2D eigenvalue weighted by atomic mass is 10.2. The molecule has 1 aromatic carbocycles. The Morgan fingerprint density at radius 1 is 1.16 bits per heavy atom. The van der Waals surface area contributed by atoms with Crippen LogP contribution in [0.3, 0.4) is 0 Å². The maximum Gasteiger partial charge on any atom is 0.236 e. The van der Waals surface area contributed by atoms with E-state index >= 15 is 0 Å². The van der Waals surface area contributed by atoms with Gasteiger partial charge in [-0.15, -0.1) is 0 Å². The standard InChI is InChI=1S/C19H23ClN4O/c1-22(14-16-5-4-6-17(20)13-16)19(25)15-23-9-11-24(12-10-23)18-7-2-3-8-21-18/h2-8,13H,9-12,14-15H2,1H3. The largest absolute Gasteiger partial charge is 0.354 e. The number of rotatable bonds is 5. The van der Waals surface area contributed by atoms with Gasteiger partial charge in [0.25, 0.3) is 0 Å². The Balaban J connectivity index is 1.47. The van der Waals surface area contributed by atoms with E-state index in [0.717, 1.165) is 37.6 Å². The van der Waals surface area contributed by atoms with Crippen molar-refractivity contribution < 1.29 is 4.79 Å². The Kier molecular flexibility index (Phi) is 5.89. The molecule has 0 aliphatic carbocycles. The summed E-state index contributed by atoms with van der Waals surface area (Å²) in [7, 11) is 1.84. The van der Waals surface area contributed by atoms with E-state index in [1.165, 1.54) is 0 Å². The summed E-state index contributed by atoms with van der Waals surface area (Å²) in [6.07, 6.45) is 1.82. The number of likely N-dealkylation sites (N-methyl/N-ethyl adjacent to an activating group) is 1. The van der Waals surface area contributed by atoms with Crippen LogP contribution < -0.4 is 4.90 Å². The van der Waals surface area contributed by atoms with Gasteiger partial charge in [0.2, 0.25) is 5.91 Å². The van der Waals surface area contributed by atoms with Gasteiger partial charge in [0.15, 0.2) is 0 Å². The molecule has 1 saturated heterocycles. The Morgan fingerprint density at radius 2 is 1.96 bits per heavy atom. The van der Waals surface area contributed by atoms with Crippen molar-refractivity contribution in [3.63, 3.8) is 0 Å². The number of hydrogen-bond donors (Lipinski definition) is 0. The molecule has 0 radical (unpaired) electrons. The fraction of sp³-hybridized carbons (Fsp3) is 0.368. The topological polar surface area (TPSA) is 39.7 Å². The molecule has 0 spiro atoms. The highest BCUT2D eigenvalue weighted by atomic mass is 35.5. The molecule has 0 unspecified atom stereocenters. The summed E-state index contributed by atoms with van der Waals surface area (Å²) in [4.78, 5) is 23.1. The number of anilines is 1. The van der Waals surface area contributed by atoms with E-state index in [-0.39, 0.29) is 5.91 Å². The first kappa shape index (κ1) is 17.7. The minimum atomic E-state index is 0.131. The van der Waals surface area contributed by atoms with Crippen molar-refractivity contribution in [2.24, 2.45) is 0 Å². The quantitative estimate of drug-likeness (QED) is 0.823. The molecule has 6 heteroatoms. The number of benzene rings is 1. The summed E-state index contributed by atoms with van der Waals surface area (Å²) in [5.41, 5.74) is 1.04. The number of halogens is 1. The summed E-state index contributed by atoms with van der Waals surface area (Å²) in [5.74, 6) is 1.14. The highest BCUT2D eigenvalue weighted by molar-refractivity contribution is 6.30. The second-order valence-corrected chi connectivity index (χ2v) is 6.77. The third-order valence-corrected chi connectivity index (χ3v) is 4.67. The summed E-state index contributed by atoms with van der Waals surface area (Å²) in [6.45, 7) is 4.55. The van der Waals surface area contributed by atoms with Gasteiger partial charge in [0, 0.05) is 51.0 Å². The van der Waals surface area contributed by atoms with Crippen LogP contribution in [0.4, 0.5) is 5.82 Å². The van der Waals surface area contributed by atoms with Gasteiger partial charge in [-0.3, -0.25) is 9.69 Å². The highest BCUT2D eigenvalue weighted by Crippen LogP contribution is 2.14. The van der Waals surface area contributed by atoms with E-state index in [0.29, 0.717) is 18.1 Å².